The molecule has 0 spiro atoms. The molecular weight excluding hydrogens is 448 g/mol. The fraction of sp³-hybridized carbons (Fsp3) is 0.833. The van der Waals surface area contributed by atoms with Gasteiger partial charge in [0, 0.05) is 0 Å². The summed E-state index contributed by atoms with van der Waals surface area (Å²) in [7, 11) is -4.46. The second kappa shape index (κ2) is 12.6. The lowest BCUT2D eigenvalue weighted by atomic mass is 10.3. The molecule has 0 aliphatic heterocycles. The third kappa shape index (κ3) is 6.22. The van der Waals surface area contributed by atoms with Crippen molar-refractivity contribution >= 4 is 32.2 Å². The molecule has 196 valence electrons. The largest absolute Gasteiger partial charge is 0.481 e. The van der Waals surface area contributed by atoms with Crippen LogP contribution in [-0.4, -0.2) is 77.8 Å². The van der Waals surface area contributed by atoms with Crippen LogP contribution in [0.25, 0.3) is 0 Å². The molecule has 0 aliphatic carbocycles. The van der Waals surface area contributed by atoms with Crippen molar-refractivity contribution in [1.82, 2.24) is 0 Å². The smallest absolute Gasteiger partial charge is 0.314 e. The Hall–Kier alpha value is -1.77. The molecule has 0 radical (unpaired) electrons. The average Bonchev–Trinajstić information content (AvgIpc) is 2.75. The second-order valence-corrected chi connectivity index (χ2v) is 17.9. The predicted molar refractivity (Wildman–Crippen MR) is 134 cm³/mol. The standard InChI is InChI=1S/C24H46O8S/c1-5-9-13-33(14-10-6-2,15-11-7-3,16-12-8-4,19(23(29)30)17-21(25)26)20(24(31)32)18-22(27)28/h19-20H,5-18H2,1-4H3,(H,25,26)(H,27,28)(H,29,30)(H,31,32). The molecule has 0 aromatic carbocycles. The van der Waals surface area contributed by atoms with E-state index in [-0.39, 0.29) is 0 Å². The minimum Gasteiger partial charge on any atom is -0.481 e. The first-order valence-corrected chi connectivity index (χ1v) is 15.5. The summed E-state index contributed by atoms with van der Waals surface area (Å²) in [5.74, 6) is -3.97. The maximum absolute atomic E-state index is 13.0. The van der Waals surface area contributed by atoms with Crippen LogP contribution in [0, 0.1) is 0 Å². The molecule has 0 aromatic heterocycles. The number of aliphatic carboxylic acids is 4. The van der Waals surface area contributed by atoms with Crippen LogP contribution >= 0.6 is 8.29 Å². The molecule has 2 atom stereocenters. The summed E-state index contributed by atoms with van der Waals surface area (Å²) in [5.41, 5.74) is 0. The first kappa shape index (κ1) is 31.2. The Morgan fingerprint density at radius 2 is 0.788 bits per heavy atom. The van der Waals surface area contributed by atoms with Gasteiger partial charge in [-0.25, -0.2) is 8.29 Å². The molecule has 0 fully saturated rings. The summed E-state index contributed by atoms with van der Waals surface area (Å²) in [6, 6.07) is 0. The van der Waals surface area contributed by atoms with Gasteiger partial charge in [-0.2, -0.15) is 0 Å². The lowest BCUT2D eigenvalue weighted by molar-refractivity contribution is -0.144. The minimum atomic E-state index is -4.46. The van der Waals surface area contributed by atoms with E-state index in [0.717, 1.165) is 0 Å². The molecular formula is C24H46O8S. The first-order valence-electron chi connectivity index (χ1n) is 12.3. The molecule has 0 rings (SSSR count). The SMILES string of the molecule is CCCCS(CCCC)(CCCC)(CCCC)(C(CC(=O)O)C(=O)O)C(CC(=O)O)C(=O)O. The zero-order valence-electron chi connectivity index (χ0n) is 20.9. The van der Waals surface area contributed by atoms with Crippen molar-refractivity contribution in [3.8, 4) is 0 Å². The van der Waals surface area contributed by atoms with Crippen molar-refractivity contribution in [2.75, 3.05) is 23.0 Å². The maximum Gasteiger partial charge on any atom is 0.314 e. The number of carboxylic acid groups (broad SMARTS) is 4. The van der Waals surface area contributed by atoms with Gasteiger partial charge in [-0.05, 0) is 48.7 Å². The van der Waals surface area contributed by atoms with Crippen LogP contribution in [0.5, 0.6) is 0 Å². The number of rotatable bonds is 20. The van der Waals surface area contributed by atoms with Crippen LogP contribution in [0.15, 0.2) is 0 Å². The molecule has 0 heterocycles. The molecule has 4 N–H and O–H groups in total. The van der Waals surface area contributed by atoms with Crippen LogP contribution in [-0.2, 0) is 19.2 Å². The highest BCUT2D eigenvalue weighted by Gasteiger charge is 2.72. The van der Waals surface area contributed by atoms with E-state index in [4.69, 9.17) is 0 Å². The maximum atomic E-state index is 13.0. The summed E-state index contributed by atoms with van der Waals surface area (Å²) in [5, 5.41) is 38.0. The fourth-order valence-electron chi connectivity index (χ4n) is 6.16. The molecule has 0 amide bonds. The quantitative estimate of drug-likeness (QED) is 0.186. The van der Waals surface area contributed by atoms with Gasteiger partial charge in [0.1, 0.15) is 0 Å². The van der Waals surface area contributed by atoms with Gasteiger partial charge in [-0.15, -0.1) is 0 Å². The van der Waals surface area contributed by atoms with Crippen molar-refractivity contribution in [2.24, 2.45) is 0 Å². The van der Waals surface area contributed by atoms with Crippen molar-refractivity contribution in [1.29, 1.82) is 0 Å². The summed E-state index contributed by atoms with van der Waals surface area (Å²) >= 11 is 0. The van der Waals surface area contributed by atoms with E-state index in [0.29, 0.717) is 74.4 Å². The third-order valence-corrected chi connectivity index (χ3v) is 19.0. The molecule has 0 aromatic rings. The van der Waals surface area contributed by atoms with Gasteiger partial charge in [0.2, 0.25) is 0 Å². The van der Waals surface area contributed by atoms with E-state index in [1.54, 1.807) is 0 Å². The monoisotopic (exact) mass is 494 g/mol. The Morgan fingerprint density at radius 3 is 0.939 bits per heavy atom. The van der Waals surface area contributed by atoms with E-state index in [2.05, 4.69) is 0 Å². The predicted octanol–water partition coefficient (Wildman–Crippen LogP) is 4.92. The number of carboxylic acids is 4. The third-order valence-electron chi connectivity index (χ3n) is 7.88. The van der Waals surface area contributed by atoms with Crippen molar-refractivity contribution < 1.29 is 39.6 Å². The Labute approximate surface area is 197 Å². The molecule has 33 heavy (non-hydrogen) atoms. The van der Waals surface area contributed by atoms with Crippen molar-refractivity contribution in [3.63, 3.8) is 0 Å². The lowest BCUT2D eigenvalue weighted by Gasteiger charge is -2.85. The van der Waals surface area contributed by atoms with Crippen LogP contribution in [0.1, 0.15) is 91.9 Å². The highest BCUT2D eigenvalue weighted by atomic mass is 32.4. The van der Waals surface area contributed by atoms with Gasteiger partial charge in [0.15, 0.2) is 0 Å². The highest BCUT2D eigenvalue weighted by molar-refractivity contribution is 8.66. The van der Waals surface area contributed by atoms with Gasteiger partial charge in [-0.1, -0.05) is 53.4 Å². The van der Waals surface area contributed by atoms with Crippen LogP contribution in [0.4, 0.5) is 0 Å². The Balaban J connectivity index is 8.07. The number of unbranched alkanes of at least 4 members (excludes halogenated alkanes) is 4. The van der Waals surface area contributed by atoms with Gasteiger partial charge < -0.3 is 20.4 Å². The Kier molecular flexibility index (Phi) is 11.9. The topological polar surface area (TPSA) is 149 Å². The summed E-state index contributed by atoms with van der Waals surface area (Å²) in [6.07, 6.45) is 3.56. The normalized spacial score (nSPS) is 15.8. The van der Waals surface area contributed by atoms with Gasteiger partial charge in [0.05, 0.1) is 23.3 Å². The second-order valence-electron chi connectivity index (χ2n) is 9.77. The summed E-state index contributed by atoms with van der Waals surface area (Å²) in [6.45, 7) is 7.76. The number of carbonyl (C=O) groups is 4. The van der Waals surface area contributed by atoms with Gasteiger partial charge in [0.25, 0.3) is 0 Å². The summed E-state index contributed by atoms with van der Waals surface area (Å²) in [4.78, 5) is 50.1. The van der Waals surface area contributed by atoms with Crippen molar-refractivity contribution in [3.05, 3.63) is 0 Å². The Morgan fingerprint density at radius 1 is 0.545 bits per heavy atom. The highest BCUT2D eigenvalue weighted by Crippen LogP contribution is 2.96. The molecule has 2 unspecified atom stereocenters. The van der Waals surface area contributed by atoms with E-state index >= 15 is 0 Å². The zero-order valence-corrected chi connectivity index (χ0v) is 21.7. The first-order chi connectivity index (χ1) is 15.4. The molecule has 9 heteroatoms. The van der Waals surface area contributed by atoms with Crippen LogP contribution in [0.2, 0.25) is 0 Å². The zero-order chi connectivity index (χ0) is 25.8. The average molecular weight is 495 g/mol. The van der Waals surface area contributed by atoms with E-state index in [1.807, 2.05) is 27.7 Å². The number of hydrogen-bond acceptors (Lipinski definition) is 4. The van der Waals surface area contributed by atoms with Crippen LogP contribution < -0.4 is 0 Å². The summed E-state index contributed by atoms with van der Waals surface area (Å²) < 4.78 is 0. The lowest BCUT2D eigenvalue weighted by Crippen LogP contribution is -2.67. The fourth-order valence-corrected chi connectivity index (χ4v) is 17.8. The molecule has 0 saturated carbocycles. The van der Waals surface area contributed by atoms with Gasteiger partial charge in [-0.3, -0.25) is 19.2 Å². The van der Waals surface area contributed by atoms with E-state index < -0.39 is 55.5 Å². The molecule has 0 aliphatic rings. The Bertz CT molecular complexity index is 615. The minimum absolute atomic E-state index is 0.297. The molecule has 0 bridgehead atoms. The van der Waals surface area contributed by atoms with E-state index in [9.17, 15) is 39.6 Å². The van der Waals surface area contributed by atoms with Crippen LogP contribution in [0.3, 0.4) is 0 Å². The number of hydrogen-bond donors (Lipinski definition) is 4. The van der Waals surface area contributed by atoms with Crippen molar-refractivity contribution in [2.45, 2.75) is 102 Å². The van der Waals surface area contributed by atoms with E-state index in [1.165, 1.54) is 0 Å². The molecule has 8 nitrogen and oxygen atoms in total. The van der Waals surface area contributed by atoms with Gasteiger partial charge >= 0.3 is 23.9 Å². The molecule has 0 saturated heterocycles.